The van der Waals surface area contributed by atoms with E-state index in [9.17, 15) is 22.8 Å². The minimum atomic E-state index is -4.50. The average Bonchev–Trinajstić information content (AvgIpc) is 2.79. The molecule has 2 aromatic heterocycles. The van der Waals surface area contributed by atoms with Crippen molar-refractivity contribution in [1.82, 2.24) is 15.3 Å². The van der Waals surface area contributed by atoms with Gasteiger partial charge in [0.15, 0.2) is 0 Å². The number of pyridine rings is 2. The highest BCUT2D eigenvalue weighted by Crippen LogP contribution is 2.41. The van der Waals surface area contributed by atoms with Gasteiger partial charge in [0.1, 0.15) is 22.7 Å². The number of carbonyl (C=O) groups excluding carboxylic acids is 1. The number of carbonyl (C=O) groups is 2. The van der Waals surface area contributed by atoms with Gasteiger partial charge in [-0.2, -0.15) is 13.2 Å². The molecule has 1 aromatic carbocycles. The Labute approximate surface area is 179 Å². The zero-order valence-electron chi connectivity index (χ0n) is 16.4. The summed E-state index contributed by atoms with van der Waals surface area (Å²) >= 11 is 0. The Morgan fingerprint density at radius 3 is 2.44 bits per heavy atom. The lowest BCUT2D eigenvalue weighted by Gasteiger charge is -2.39. The Balaban J connectivity index is 1.77. The highest BCUT2D eigenvalue weighted by molar-refractivity contribution is 5.94. The third-order valence-corrected chi connectivity index (χ3v) is 5.18. The Bertz CT molecular complexity index is 1160. The molecule has 1 amide bonds. The number of fused-ring (bicyclic) bond motifs is 1. The number of alkyl halides is 3. The summed E-state index contributed by atoms with van der Waals surface area (Å²) in [7, 11) is 0. The SMILES string of the molecule is O=C(O)c1ccc(C(=O)N[C@]2(c3ccc(C(F)(F)F)cc3)CCOc3cccnc32)nc1. The molecule has 0 bridgehead atoms. The number of hydrogen-bond acceptors (Lipinski definition) is 5. The maximum Gasteiger partial charge on any atom is 0.416 e. The summed E-state index contributed by atoms with van der Waals surface area (Å²) in [6, 6.07) is 10.3. The fourth-order valence-electron chi connectivity index (χ4n) is 3.59. The molecule has 7 nitrogen and oxygen atoms in total. The molecule has 3 heterocycles. The maximum absolute atomic E-state index is 13.1. The van der Waals surface area contributed by atoms with Gasteiger partial charge in [-0.05, 0) is 42.0 Å². The first-order valence-electron chi connectivity index (χ1n) is 9.48. The first-order chi connectivity index (χ1) is 15.2. The van der Waals surface area contributed by atoms with E-state index in [1.54, 1.807) is 12.1 Å². The van der Waals surface area contributed by atoms with E-state index in [-0.39, 0.29) is 24.3 Å². The van der Waals surface area contributed by atoms with Crippen LogP contribution >= 0.6 is 0 Å². The van der Waals surface area contributed by atoms with Gasteiger partial charge in [0, 0.05) is 18.8 Å². The molecule has 0 saturated heterocycles. The topological polar surface area (TPSA) is 101 Å². The molecule has 1 atom stereocenters. The number of carboxylic acid groups (broad SMARTS) is 1. The zero-order valence-corrected chi connectivity index (χ0v) is 16.4. The molecule has 0 aliphatic carbocycles. The molecule has 0 saturated carbocycles. The highest BCUT2D eigenvalue weighted by Gasteiger charge is 2.43. The number of rotatable bonds is 4. The number of ether oxygens (including phenoxy) is 1. The van der Waals surface area contributed by atoms with Crippen LogP contribution in [0.5, 0.6) is 5.75 Å². The van der Waals surface area contributed by atoms with Gasteiger partial charge in [-0.1, -0.05) is 12.1 Å². The Hall–Kier alpha value is -3.95. The van der Waals surface area contributed by atoms with E-state index in [4.69, 9.17) is 9.84 Å². The van der Waals surface area contributed by atoms with Gasteiger partial charge in [-0.25, -0.2) is 4.79 Å². The van der Waals surface area contributed by atoms with Crippen LogP contribution in [0.4, 0.5) is 13.2 Å². The van der Waals surface area contributed by atoms with Crippen LogP contribution in [0.3, 0.4) is 0 Å². The van der Waals surface area contributed by atoms with Crippen molar-refractivity contribution in [2.45, 2.75) is 18.1 Å². The molecule has 4 rings (SSSR count). The molecule has 1 aliphatic rings. The molecular weight excluding hydrogens is 427 g/mol. The number of aromatic nitrogens is 2. The normalized spacial score (nSPS) is 17.7. The van der Waals surface area contributed by atoms with Crippen molar-refractivity contribution < 1.29 is 32.6 Å². The molecule has 10 heteroatoms. The van der Waals surface area contributed by atoms with E-state index in [2.05, 4.69) is 15.3 Å². The second kappa shape index (κ2) is 7.95. The van der Waals surface area contributed by atoms with Crippen LogP contribution in [-0.2, 0) is 11.7 Å². The summed E-state index contributed by atoms with van der Waals surface area (Å²) in [4.78, 5) is 32.3. The van der Waals surface area contributed by atoms with Gasteiger partial charge in [0.05, 0.1) is 17.7 Å². The molecule has 0 fully saturated rings. The van der Waals surface area contributed by atoms with Crippen LogP contribution in [0, 0.1) is 0 Å². The molecule has 3 aromatic rings. The van der Waals surface area contributed by atoms with Gasteiger partial charge >= 0.3 is 12.1 Å². The first kappa shape index (κ1) is 21.3. The summed E-state index contributed by atoms with van der Waals surface area (Å²) in [5, 5.41) is 11.9. The number of nitrogens with one attached hydrogen (secondary N) is 1. The zero-order chi connectivity index (χ0) is 22.9. The molecular formula is C22H16F3N3O4. The van der Waals surface area contributed by atoms with Gasteiger partial charge in [0.2, 0.25) is 0 Å². The quantitative estimate of drug-likeness (QED) is 0.639. The van der Waals surface area contributed by atoms with Gasteiger partial charge in [-0.3, -0.25) is 14.8 Å². The van der Waals surface area contributed by atoms with E-state index in [1.807, 2.05) is 0 Å². The number of amides is 1. The Kier molecular flexibility index (Phi) is 5.29. The van der Waals surface area contributed by atoms with Crippen molar-refractivity contribution in [3.05, 3.63) is 89.0 Å². The van der Waals surface area contributed by atoms with Crippen LogP contribution < -0.4 is 10.1 Å². The summed E-state index contributed by atoms with van der Waals surface area (Å²) in [6.07, 6.45) is -1.74. The number of benzene rings is 1. The van der Waals surface area contributed by atoms with Crippen LogP contribution in [-0.4, -0.2) is 33.6 Å². The van der Waals surface area contributed by atoms with Crippen molar-refractivity contribution in [1.29, 1.82) is 0 Å². The van der Waals surface area contributed by atoms with Crippen molar-refractivity contribution >= 4 is 11.9 Å². The van der Waals surface area contributed by atoms with E-state index in [0.717, 1.165) is 18.3 Å². The lowest BCUT2D eigenvalue weighted by molar-refractivity contribution is -0.137. The third kappa shape index (κ3) is 3.86. The molecule has 164 valence electrons. The second-order valence-corrected chi connectivity index (χ2v) is 7.12. The number of aromatic carboxylic acids is 1. The summed E-state index contributed by atoms with van der Waals surface area (Å²) in [5.74, 6) is -1.43. The largest absolute Gasteiger partial charge is 0.491 e. The van der Waals surface area contributed by atoms with Gasteiger partial charge < -0.3 is 15.2 Å². The number of hydrogen-bond donors (Lipinski definition) is 2. The van der Waals surface area contributed by atoms with Crippen LogP contribution in [0.2, 0.25) is 0 Å². The van der Waals surface area contributed by atoms with Crippen LogP contribution in [0.15, 0.2) is 60.9 Å². The van der Waals surface area contributed by atoms with E-state index >= 15 is 0 Å². The predicted octanol–water partition coefficient (Wildman–Crippen LogP) is 3.65. The standard InChI is InChI=1S/C22H16F3N3O4/c23-22(24,25)15-6-4-14(5-7-15)21(9-11-32-17-2-1-10-26-18(17)21)28-19(29)16-8-3-13(12-27-16)20(30)31/h1-8,10,12H,9,11H2,(H,28,29)(H,30,31)/t21-/m0/s1. The van der Waals surface area contributed by atoms with Crippen LogP contribution in [0.1, 0.15) is 44.1 Å². The van der Waals surface area contributed by atoms with E-state index in [0.29, 0.717) is 17.0 Å². The lowest BCUT2D eigenvalue weighted by Crippen LogP contribution is -2.50. The van der Waals surface area contributed by atoms with Gasteiger partial charge in [0.25, 0.3) is 5.91 Å². The minimum absolute atomic E-state index is 0.0507. The van der Waals surface area contributed by atoms with Gasteiger partial charge in [-0.15, -0.1) is 0 Å². The fourth-order valence-corrected chi connectivity index (χ4v) is 3.59. The van der Waals surface area contributed by atoms with Crippen molar-refractivity contribution in [3.8, 4) is 5.75 Å². The highest BCUT2D eigenvalue weighted by atomic mass is 19.4. The average molecular weight is 443 g/mol. The van der Waals surface area contributed by atoms with Crippen molar-refractivity contribution in [3.63, 3.8) is 0 Å². The summed E-state index contributed by atoms with van der Waals surface area (Å²) in [5.41, 5.74) is -1.49. The van der Waals surface area contributed by atoms with E-state index < -0.39 is 29.2 Å². The van der Waals surface area contributed by atoms with Crippen LogP contribution in [0.25, 0.3) is 0 Å². The molecule has 0 unspecified atom stereocenters. The maximum atomic E-state index is 13.1. The first-order valence-corrected chi connectivity index (χ1v) is 9.48. The molecule has 32 heavy (non-hydrogen) atoms. The molecule has 0 radical (unpaired) electrons. The predicted molar refractivity (Wildman–Crippen MR) is 105 cm³/mol. The summed E-state index contributed by atoms with van der Waals surface area (Å²) in [6.45, 7) is 0.186. The third-order valence-electron chi connectivity index (χ3n) is 5.18. The number of halogens is 3. The Morgan fingerprint density at radius 2 is 1.81 bits per heavy atom. The van der Waals surface area contributed by atoms with Crippen molar-refractivity contribution in [2.75, 3.05) is 6.61 Å². The second-order valence-electron chi connectivity index (χ2n) is 7.12. The molecule has 2 N–H and O–H groups in total. The van der Waals surface area contributed by atoms with E-state index in [1.165, 1.54) is 30.5 Å². The molecule has 0 spiro atoms. The molecule has 1 aliphatic heterocycles. The minimum Gasteiger partial charge on any atom is -0.491 e. The monoisotopic (exact) mass is 443 g/mol. The number of carboxylic acids is 1. The fraction of sp³-hybridized carbons (Fsp3) is 0.182. The summed E-state index contributed by atoms with van der Waals surface area (Å²) < 4.78 is 44.8. The van der Waals surface area contributed by atoms with Crippen molar-refractivity contribution in [2.24, 2.45) is 0 Å². The lowest BCUT2D eigenvalue weighted by atomic mass is 9.81. The number of nitrogens with zero attached hydrogens (tertiary/aromatic N) is 2. The Morgan fingerprint density at radius 1 is 1.06 bits per heavy atom. The smallest absolute Gasteiger partial charge is 0.416 e.